The van der Waals surface area contributed by atoms with E-state index in [0.717, 1.165) is 23.7 Å². The summed E-state index contributed by atoms with van der Waals surface area (Å²) in [4.78, 5) is 0. The second-order valence-electron chi connectivity index (χ2n) is 38.0. The van der Waals surface area contributed by atoms with Crippen LogP contribution in [0.2, 0.25) is 0 Å². The molecule has 0 bridgehead atoms. The summed E-state index contributed by atoms with van der Waals surface area (Å²) in [6.07, 6.45) is 90.3. The summed E-state index contributed by atoms with van der Waals surface area (Å²) in [5, 5.41) is 0. The van der Waals surface area contributed by atoms with Gasteiger partial charge >= 0.3 is 0 Å². The van der Waals surface area contributed by atoms with Crippen molar-refractivity contribution in [2.24, 2.45) is 50.7 Å². The van der Waals surface area contributed by atoms with Crippen LogP contribution in [0.4, 0.5) is 0 Å². The molecule has 3 unspecified atom stereocenters. The lowest BCUT2D eigenvalue weighted by molar-refractivity contribution is 0.313. The van der Waals surface area contributed by atoms with Crippen LogP contribution < -0.4 is 0 Å². The molecular formula is C94H194. The van der Waals surface area contributed by atoms with E-state index in [2.05, 4.69) is 190 Å². The molecule has 0 heterocycles. The zero-order valence-corrected chi connectivity index (χ0v) is 71.4. The Kier molecular flexibility index (Phi) is 80.1. The van der Waals surface area contributed by atoms with E-state index in [1.54, 1.807) is 0 Å². The lowest BCUT2D eigenvalue weighted by Crippen LogP contribution is -2.08. The molecule has 0 radical (unpaired) electrons. The van der Waals surface area contributed by atoms with Crippen molar-refractivity contribution in [2.75, 3.05) is 0 Å². The van der Waals surface area contributed by atoms with E-state index in [1.807, 2.05) is 0 Å². The third-order valence-electron chi connectivity index (χ3n) is 19.6. The molecular weight excluding hydrogens is 1130 g/mol. The van der Waals surface area contributed by atoms with Crippen LogP contribution in [-0.2, 0) is 0 Å². The zero-order valence-electron chi connectivity index (χ0n) is 71.4. The Morgan fingerprint density at radius 1 is 0.181 bits per heavy atom. The summed E-state index contributed by atoms with van der Waals surface area (Å²) in [5.74, 6) is 3.66. The molecule has 0 rings (SSSR count). The predicted molar refractivity (Wildman–Crippen MR) is 444 cm³/mol. The first-order valence-electron chi connectivity index (χ1n) is 43.6. The molecule has 0 fully saturated rings. The first-order chi connectivity index (χ1) is 44.3. The molecule has 0 aliphatic heterocycles. The van der Waals surface area contributed by atoms with Gasteiger partial charge in [0.1, 0.15) is 0 Å². The van der Waals surface area contributed by atoms with Gasteiger partial charge in [-0.25, -0.2) is 0 Å². The van der Waals surface area contributed by atoms with Crippen LogP contribution in [0.5, 0.6) is 0 Å². The highest BCUT2D eigenvalue weighted by Gasteiger charge is 2.15. The van der Waals surface area contributed by atoms with E-state index in [9.17, 15) is 0 Å². The lowest BCUT2D eigenvalue weighted by Gasteiger charge is -2.21. The summed E-state index contributed by atoms with van der Waals surface area (Å²) in [6.45, 7) is 56.4. The standard InChI is InChI=1S/C24H50.C18H38.2C18H36.C16H34/c1-20(2)12-9-13-21(3)14-10-15-22(4)16-11-17-23(5)18-19-24(6,7)8;3*1-5-6-7-8-9-10-11-12-13-14-15-16-17-18(2,3)4;1-5-6-7-8-9-10-11-12-13-14-15-16(2,3)4/h20-23H,9-19H2,1-8H3;5-17H2,1-4H3;2*8-9H,5-7,10-17H2,1-4H3;5-15H2,1-4H3/b;;9-8+;9-8-;. The van der Waals surface area contributed by atoms with Gasteiger partial charge in [-0.3, -0.25) is 0 Å². The van der Waals surface area contributed by atoms with Gasteiger partial charge in [-0.05, 0) is 121 Å². The Balaban J connectivity index is -0.000000354. The van der Waals surface area contributed by atoms with Gasteiger partial charge in [0.2, 0.25) is 0 Å². The van der Waals surface area contributed by atoms with Gasteiger partial charge in [-0.1, -0.05) is 486 Å². The highest BCUT2D eigenvalue weighted by molar-refractivity contribution is 4.82. The van der Waals surface area contributed by atoms with Crippen LogP contribution in [0.25, 0.3) is 0 Å². The zero-order chi connectivity index (χ0) is 71.9. The number of allylic oxidation sites excluding steroid dienone is 4. The molecule has 0 saturated carbocycles. The second kappa shape index (κ2) is 73.7. The van der Waals surface area contributed by atoms with Crippen molar-refractivity contribution >= 4 is 0 Å². The molecule has 0 aliphatic carbocycles. The lowest BCUT2D eigenvalue weighted by atomic mass is 9.85. The van der Waals surface area contributed by atoms with Crippen molar-refractivity contribution in [1.29, 1.82) is 0 Å². The van der Waals surface area contributed by atoms with Crippen molar-refractivity contribution in [3.05, 3.63) is 24.3 Å². The topological polar surface area (TPSA) is 0 Å². The average molecular weight is 1320 g/mol. The van der Waals surface area contributed by atoms with Gasteiger partial charge in [0.15, 0.2) is 0 Å². The van der Waals surface area contributed by atoms with Crippen molar-refractivity contribution in [1.82, 2.24) is 0 Å². The van der Waals surface area contributed by atoms with Crippen LogP contribution in [0, 0.1) is 50.7 Å². The minimum absolute atomic E-state index is 0.507. The molecule has 570 valence electrons. The number of rotatable bonds is 58. The molecule has 0 aromatic rings. The monoisotopic (exact) mass is 1320 g/mol. The van der Waals surface area contributed by atoms with E-state index in [0.29, 0.717) is 27.1 Å². The van der Waals surface area contributed by atoms with Crippen LogP contribution >= 0.6 is 0 Å². The normalized spacial score (nSPS) is 13.3. The van der Waals surface area contributed by atoms with Gasteiger partial charge in [-0.2, -0.15) is 0 Å². The van der Waals surface area contributed by atoms with E-state index in [1.165, 1.54) is 366 Å². The van der Waals surface area contributed by atoms with E-state index >= 15 is 0 Å². The quantitative estimate of drug-likeness (QED) is 0.0421. The Bertz CT molecular complexity index is 1370. The number of hydrogen-bond acceptors (Lipinski definition) is 0. The summed E-state index contributed by atoms with van der Waals surface area (Å²) in [5.41, 5.74) is 2.65. The highest BCUT2D eigenvalue weighted by atomic mass is 14.2. The van der Waals surface area contributed by atoms with Crippen LogP contribution in [0.3, 0.4) is 0 Å². The molecule has 0 nitrogen and oxygen atoms in total. The molecule has 0 aromatic heterocycles. The van der Waals surface area contributed by atoms with Gasteiger partial charge < -0.3 is 0 Å². The average Bonchev–Trinajstić information content (AvgIpc) is 3.22. The summed E-state index contributed by atoms with van der Waals surface area (Å²) in [7, 11) is 0. The molecule has 3 atom stereocenters. The van der Waals surface area contributed by atoms with Gasteiger partial charge in [0.25, 0.3) is 0 Å². The van der Waals surface area contributed by atoms with Crippen LogP contribution in [-0.4, -0.2) is 0 Å². The molecule has 0 spiro atoms. The fourth-order valence-electron chi connectivity index (χ4n) is 12.6. The van der Waals surface area contributed by atoms with Crippen molar-refractivity contribution < 1.29 is 0 Å². The summed E-state index contributed by atoms with van der Waals surface area (Å²) < 4.78 is 0. The molecule has 0 saturated heterocycles. The third kappa shape index (κ3) is 113. The van der Waals surface area contributed by atoms with E-state index < -0.39 is 0 Å². The number of unbranched alkanes of at least 4 members (excludes halogenated alkanes) is 36. The van der Waals surface area contributed by atoms with Crippen LogP contribution in [0.1, 0.15) is 532 Å². The fourth-order valence-corrected chi connectivity index (χ4v) is 12.6. The summed E-state index contributed by atoms with van der Waals surface area (Å²) in [6, 6.07) is 0. The Morgan fingerprint density at radius 3 is 0.574 bits per heavy atom. The molecule has 0 aliphatic rings. The van der Waals surface area contributed by atoms with E-state index in [4.69, 9.17) is 0 Å². The van der Waals surface area contributed by atoms with Crippen molar-refractivity contribution in [2.45, 2.75) is 532 Å². The maximum Gasteiger partial charge on any atom is -0.0351 e. The van der Waals surface area contributed by atoms with Gasteiger partial charge in [-0.15, -0.1) is 0 Å². The van der Waals surface area contributed by atoms with Crippen molar-refractivity contribution in [3.8, 4) is 0 Å². The smallest absolute Gasteiger partial charge is 0.0351 e. The van der Waals surface area contributed by atoms with Gasteiger partial charge in [0.05, 0.1) is 0 Å². The molecule has 0 aromatic carbocycles. The Hall–Kier alpha value is -0.520. The minimum atomic E-state index is 0.507. The summed E-state index contributed by atoms with van der Waals surface area (Å²) >= 11 is 0. The molecule has 0 heteroatoms. The predicted octanol–water partition coefficient (Wildman–Crippen LogP) is 36.2. The minimum Gasteiger partial charge on any atom is -0.0885 e. The molecule has 0 amide bonds. The Labute approximate surface area is 603 Å². The molecule has 94 heavy (non-hydrogen) atoms. The number of hydrogen-bond donors (Lipinski definition) is 0. The fraction of sp³-hybridized carbons (Fsp3) is 0.957. The molecule has 0 N–H and O–H groups in total. The van der Waals surface area contributed by atoms with E-state index in [-0.39, 0.29) is 0 Å². The second-order valence-corrected chi connectivity index (χ2v) is 38.0. The SMILES string of the molecule is CC(C)CCCC(C)CCCC(C)CCCC(C)CCC(C)(C)C.CCCC/C=C/CCCCCCCCC(C)(C)C.CCCC/C=C\CCCCCCCCC(C)(C)C.CCCCCCCCCCCCC(C)(C)C.CCCCCCCCCCCCCCC(C)(C)C. The highest BCUT2D eigenvalue weighted by Crippen LogP contribution is 2.29. The van der Waals surface area contributed by atoms with Crippen molar-refractivity contribution in [3.63, 3.8) is 0 Å². The van der Waals surface area contributed by atoms with Crippen LogP contribution in [0.15, 0.2) is 24.3 Å². The largest absolute Gasteiger partial charge is 0.0885 e. The Morgan fingerprint density at radius 2 is 0.362 bits per heavy atom. The van der Waals surface area contributed by atoms with Gasteiger partial charge in [0, 0.05) is 0 Å². The first-order valence-corrected chi connectivity index (χ1v) is 43.6. The maximum absolute atomic E-state index is 2.48. The third-order valence-corrected chi connectivity index (χ3v) is 19.6. The maximum atomic E-state index is 2.48. The first kappa shape index (κ1) is 102.